The zero-order valence-electron chi connectivity index (χ0n) is 13.3. The highest BCUT2D eigenvalue weighted by Crippen LogP contribution is 2.22. The second-order valence-electron chi connectivity index (χ2n) is 5.71. The number of carbonyl (C=O) groups excluding carboxylic acids is 1. The maximum absolute atomic E-state index is 12.3. The summed E-state index contributed by atoms with van der Waals surface area (Å²) in [4.78, 5) is 14.5. The van der Waals surface area contributed by atoms with E-state index in [0.29, 0.717) is 6.54 Å². The molecule has 2 heterocycles. The number of rotatable bonds is 5. The van der Waals surface area contributed by atoms with Gasteiger partial charge in [-0.3, -0.25) is 9.69 Å². The molecule has 1 fully saturated rings. The summed E-state index contributed by atoms with van der Waals surface area (Å²) in [7, 11) is 0. The van der Waals surface area contributed by atoms with Crippen LogP contribution in [0.4, 0.5) is 0 Å². The Morgan fingerprint density at radius 2 is 2.05 bits per heavy atom. The van der Waals surface area contributed by atoms with E-state index in [9.17, 15) is 4.79 Å². The normalized spacial score (nSPS) is 19.2. The molecule has 1 aliphatic rings. The summed E-state index contributed by atoms with van der Waals surface area (Å²) in [6, 6.07) is -0.0530. The molecule has 2 unspecified atom stereocenters. The van der Waals surface area contributed by atoms with Crippen LogP contribution in [0, 0.1) is 13.8 Å². The Morgan fingerprint density at radius 3 is 2.62 bits per heavy atom. The molecule has 6 heteroatoms. The number of carbonyl (C=O) groups is 1. The van der Waals surface area contributed by atoms with Gasteiger partial charge < -0.3 is 9.84 Å². The Hall–Kier alpha value is -1.01. The fourth-order valence-corrected chi connectivity index (χ4v) is 3.76. The SMILES string of the molecule is Cc1noc(C)c1C(C)CNC(=O)C(C)N1CCSCC1. The van der Waals surface area contributed by atoms with E-state index in [1.54, 1.807) is 0 Å². The first-order chi connectivity index (χ1) is 10.0. The predicted octanol–water partition coefficient (Wildman–Crippen LogP) is 1.95. The number of hydrogen-bond acceptors (Lipinski definition) is 5. The molecule has 5 nitrogen and oxygen atoms in total. The third-order valence-corrected chi connectivity index (χ3v) is 5.08. The number of hydrogen-bond donors (Lipinski definition) is 1. The monoisotopic (exact) mass is 311 g/mol. The van der Waals surface area contributed by atoms with E-state index in [4.69, 9.17) is 4.52 Å². The molecule has 1 aromatic rings. The average Bonchev–Trinajstić information content (AvgIpc) is 2.83. The van der Waals surface area contributed by atoms with Crippen molar-refractivity contribution in [2.24, 2.45) is 0 Å². The van der Waals surface area contributed by atoms with Gasteiger partial charge in [-0.25, -0.2) is 0 Å². The van der Waals surface area contributed by atoms with Gasteiger partial charge in [-0.15, -0.1) is 0 Å². The van der Waals surface area contributed by atoms with Gasteiger partial charge >= 0.3 is 0 Å². The zero-order valence-corrected chi connectivity index (χ0v) is 14.1. The second-order valence-corrected chi connectivity index (χ2v) is 6.93. The summed E-state index contributed by atoms with van der Waals surface area (Å²) in [5, 5.41) is 7.04. The van der Waals surface area contributed by atoms with Crippen molar-refractivity contribution in [3.63, 3.8) is 0 Å². The summed E-state index contributed by atoms with van der Waals surface area (Å²) in [6.45, 7) is 10.6. The molecule has 0 bridgehead atoms. The number of thioether (sulfide) groups is 1. The fourth-order valence-electron chi connectivity index (χ4n) is 2.83. The van der Waals surface area contributed by atoms with Crippen LogP contribution in [0.5, 0.6) is 0 Å². The standard InChI is InChI=1S/C15H25N3O2S/c1-10(14-11(2)17-20-13(14)4)9-16-15(19)12(3)18-5-7-21-8-6-18/h10,12H,5-9H2,1-4H3,(H,16,19). The topological polar surface area (TPSA) is 58.4 Å². The lowest BCUT2D eigenvalue weighted by Crippen LogP contribution is -2.48. The van der Waals surface area contributed by atoms with Crippen molar-refractivity contribution in [1.29, 1.82) is 0 Å². The van der Waals surface area contributed by atoms with Crippen LogP contribution in [0.25, 0.3) is 0 Å². The largest absolute Gasteiger partial charge is 0.361 e. The molecule has 0 aliphatic carbocycles. The first-order valence-corrected chi connectivity index (χ1v) is 8.68. The van der Waals surface area contributed by atoms with Crippen LogP contribution in [-0.2, 0) is 4.79 Å². The van der Waals surface area contributed by atoms with Crippen molar-refractivity contribution >= 4 is 17.7 Å². The number of nitrogens with zero attached hydrogens (tertiary/aromatic N) is 2. The quantitative estimate of drug-likeness (QED) is 0.900. The molecule has 2 atom stereocenters. The van der Waals surface area contributed by atoms with Crippen LogP contribution in [-0.4, -0.2) is 53.1 Å². The Morgan fingerprint density at radius 1 is 1.38 bits per heavy atom. The molecule has 0 spiro atoms. The molecule has 118 valence electrons. The van der Waals surface area contributed by atoms with Crippen molar-refractivity contribution in [3.8, 4) is 0 Å². The van der Waals surface area contributed by atoms with Crippen LogP contribution >= 0.6 is 11.8 Å². The molecule has 0 saturated carbocycles. The van der Waals surface area contributed by atoms with E-state index >= 15 is 0 Å². The Balaban J connectivity index is 1.85. The van der Waals surface area contributed by atoms with Crippen LogP contribution in [0.2, 0.25) is 0 Å². The van der Waals surface area contributed by atoms with Gasteiger partial charge in [0.25, 0.3) is 0 Å². The Labute approximate surface area is 130 Å². The van der Waals surface area contributed by atoms with Gasteiger partial charge in [0.15, 0.2) is 0 Å². The highest BCUT2D eigenvalue weighted by Gasteiger charge is 2.24. The van der Waals surface area contributed by atoms with Crippen LogP contribution in [0.1, 0.15) is 36.8 Å². The molecule has 1 aliphatic heterocycles. The van der Waals surface area contributed by atoms with Gasteiger partial charge in [-0.05, 0) is 20.8 Å². The number of aryl methyl sites for hydroxylation is 2. The summed E-state index contributed by atoms with van der Waals surface area (Å²) in [5.74, 6) is 3.40. The summed E-state index contributed by atoms with van der Waals surface area (Å²) < 4.78 is 5.19. The van der Waals surface area contributed by atoms with E-state index < -0.39 is 0 Å². The molecule has 1 aromatic heterocycles. The van der Waals surface area contributed by atoms with Gasteiger partial charge in [0.2, 0.25) is 5.91 Å². The van der Waals surface area contributed by atoms with Crippen molar-refractivity contribution in [3.05, 3.63) is 17.0 Å². The molecular formula is C15H25N3O2S. The second kappa shape index (κ2) is 7.31. The summed E-state index contributed by atoms with van der Waals surface area (Å²) in [6.07, 6.45) is 0. The summed E-state index contributed by atoms with van der Waals surface area (Å²) >= 11 is 1.96. The lowest BCUT2D eigenvalue weighted by Gasteiger charge is -2.31. The van der Waals surface area contributed by atoms with Crippen molar-refractivity contribution in [2.45, 2.75) is 39.7 Å². The third kappa shape index (κ3) is 4.01. The zero-order chi connectivity index (χ0) is 15.4. The molecule has 1 N–H and O–H groups in total. The van der Waals surface area contributed by atoms with Gasteiger partial charge in [-0.2, -0.15) is 11.8 Å². The van der Waals surface area contributed by atoms with E-state index in [-0.39, 0.29) is 17.9 Å². The minimum atomic E-state index is -0.0530. The third-order valence-electron chi connectivity index (χ3n) is 4.14. The lowest BCUT2D eigenvalue weighted by molar-refractivity contribution is -0.125. The maximum Gasteiger partial charge on any atom is 0.237 e. The van der Waals surface area contributed by atoms with E-state index in [1.807, 2.05) is 32.5 Å². The first kappa shape index (κ1) is 16.4. The van der Waals surface area contributed by atoms with Gasteiger partial charge in [-0.1, -0.05) is 12.1 Å². The molecule has 1 saturated heterocycles. The van der Waals surface area contributed by atoms with Crippen molar-refractivity contribution in [1.82, 2.24) is 15.4 Å². The molecule has 21 heavy (non-hydrogen) atoms. The Kier molecular flexibility index (Phi) is 5.70. The molecule has 2 rings (SSSR count). The van der Waals surface area contributed by atoms with Crippen LogP contribution in [0.15, 0.2) is 4.52 Å². The molecular weight excluding hydrogens is 286 g/mol. The smallest absolute Gasteiger partial charge is 0.237 e. The van der Waals surface area contributed by atoms with E-state index in [2.05, 4.69) is 22.3 Å². The molecule has 1 amide bonds. The van der Waals surface area contributed by atoms with Crippen LogP contribution in [0.3, 0.4) is 0 Å². The van der Waals surface area contributed by atoms with Crippen molar-refractivity contribution in [2.75, 3.05) is 31.1 Å². The maximum atomic E-state index is 12.3. The molecule has 0 aromatic carbocycles. The Bertz CT molecular complexity index is 464. The van der Waals surface area contributed by atoms with E-state index in [1.165, 1.54) is 0 Å². The highest BCUT2D eigenvalue weighted by molar-refractivity contribution is 7.99. The predicted molar refractivity (Wildman–Crippen MR) is 85.8 cm³/mol. The fraction of sp³-hybridized carbons (Fsp3) is 0.733. The average molecular weight is 311 g/mol. The summed E-state index contributed by atoms with van der Waals surface area (Å²) in [5.41, 5.74) is 2.02. The lowest BCUT2D eigenvalue weighted by atomic mass is 9.99. The molecule has 0 radical (unpaired) electrons. The van der Waals surface area contributed by atoms with Gasteiger partial charge in [0.1, 0.15) is 5.76 Å². The number of nitrogens with one attached hydrogen (secondary N) is 1. The minimum Gasteiger partial charge on any atom is -0.361 e. The number of amides is 1. The van der Waals surface area contributed by atoms with Gasteiger partial charge in [0.05, 0.1) is 11.7 Å². The minimum absolute atomic E-state index is 0.0530. The van der Waals surface area contributed by atoms with Crippen LogP contribution < -0.4 is 5.32 Å². The van der Waals surface area contributed by atoms with E-state index in [0.717, 1.165) is 41.6 Å². The first-order valence-electron chi connectivity index (χ1n) is 7.53. The van der Waals surface area contributed by atoms with Gasteiger partial charge in [0, 0.05) is 42.6 Å². The highest BCUT2D eigenvalue weighted by atomic mass is 32.2. The van der Waals surface area contributed by atoms with Crippen molar-refractivity contribution < 1.29 is 9.32 Å². The number of aromatic nitrogens is 1.